The first-order chi connectivity index (χ1) is 23.3. The molecule has 1 atom stereocenters. The van der Waals surface area contributed by atoms with Crippen molar-refractivity contribution in [2.75, 3.05) is 48.5 Å². The number of nitrogens with one attached hydrogen (secondary N) is 1. The fourth-order valence-electron chi connectivity index (χ4n) is 5.55. The van der Waals surface area contributed by atoms with Crippen LogP contribution in [-0.2, 0) is 11.2 Å². The Morgan fingerprint density at radius 1 is 0.918 bits per heavy atom. The van der Waals surface area contributed by atoms with E-state index in [0.29, 0.717) is 46.1 Å². The van der Waals surface area contributed by atoms with Gasteiger partial charge < -0.3 is 34.8 Å². The van der Waals surface area contributed by atoms with E-state index < -0.39 is 17.9 Å². The summed E-state index contributed by atoms with van der Waals surface area (Å²) in [5, 5.41) is 26.9. The van der Waals surface area contributed by atoms with Crippen molar-refractivity contribution in [1.82, 2.24) is 24.9 Å². The number of hydrogen-bond acceptors (Lipinski definition) is 8. The predicted octanol–water partition coefficient (Wildman–Crippen LogP) is 4.83. The van der Waals surface area contributed by atoms with Gasteiger partial charge in [-0.2, -0.15) is 5.10 Å². The second-order valence-electron chi connectivity index (χ2n) is 12.4. The molecule has 0 aliphatic heterocycles. The molecule has 2 amide bonds. The number of rotatable bonds is 15. The number of phenolic OH excluding ortho intramolecular Hbond substituents is 1. The van der Waals surface area contributed by atoms with Crippen molar-refractivity contribution in [3.05, 3.63) is 89.1 Å². The maximum atomic E-state index is 13.7. The second kappa shape index (κ2) is 16.2. The highest BCUT2D eigenvalue weighted by atomic mass is 16.5. The SMILES string of the molecule is COc1cccc(OC)c1-c1cc(C(=O)N[C@@H](Cc2ccc(O)cc2)C(=O)O)nn1-c1ccc(C(=O)N(C)CCCN(C)C)cc1C(C)C. The quantitative estimate of drug-likeness (QED) is 0.162. The second-order valence-corrected chi connectivity index (χ2v) is 12.4. The molecular weight excluding hydrogens is 626 g/mol. The van der Waals surface area contributed by atoms with Gasteiger partial charge in [-0.3, -0.25) is 9.59 Å². The van der Waals surface area contributed by atoms with Crippen LogP contribution in [0.1, 0.15) is 58.2 Å². The molecule has 0 aliphatic rings. The summed E-state index contributed by atoms with van der Waals surface area (Å²) in [6, 6.07) is 17.1. The van der Waals surface area contributed by atoms with E-state index in [1.54, 1.807) is 65.2 Å². The van der Waals surface area contributed by atoms with E-state index in [2.05, 4.69) is 10.2 Å². The van der Waals surface area contributed by atoms with E-state index in [1.165, 1.54) is 26.4 Å². The van der Waals surface area contributed by atoms with Gasteiger partial charge in [-0.15, -0.1) is 0 Å². The van der Waals surface area contributed by atoms with Crippen LogP contribution in [0.4, 0.5) is 0 Å². The molecule has 0 fully saturated rings. The molecule has 0 spiro atoms. The number of amides is 2. The summed E-state index contributed by atoms with van der Waals surface area (Å²) in [4.78, 5) is 43.1. The summed E-state index contributed by atoms with van der Waals surface area (Å²) >= 11 is 0. The number of hydrogen-bond donors (Lipinski definition) is 3. The van der Waals surface area contributed by atoms with E-state index in [1.807, 2.05) is 34.0 Å². The van der Waals surface area contributed by atoms with Gasteiger partial charge in [0.1, 0.15) is 23.3 Å². The molecule has 3 aromatic carbocycles. The summed E-state index contributed by atoms with van der Waals surface area (Å²) in [5.41, 5.74) is 3.56. The van der Waals surface area contributed by atoms with Gasteiger partial charge in [0, 0.05) is 25.6 Å². The molecule has 0 radical (unpaired) electrons. The standard InChI is InChI=1S/C37H45N5O7/c1-23(2)27-21-25(36(45)41(5)19-9-18-40(3)4)14-17-30(27)42-31(34-32(48-6)10-8-11-33(34)49-7)22-28(39-42)35(44)38-29(37(46)47)20-24-12-15-26(43)16-13-24/h8,10-17,21-23,29,43H,9,18-20H2,1-7H3,(H,38,44)(H,46,47)/t29-/m0/s1. The Balaban J connectivity index is 1.80. The molecule has 4 rings (SSSR count). The lowest BCUT2D eigenvalue weighted by molar-refractivity contribution is -0.139. The lowest BCUT2D eigenvalue weighted by atomic mass is 9.97. The van der Waals surface area contributed by atoms with Crippen LogP contribution in [0.15, 0.2) is 66.7 Å². The topological polar surface area (TPSA) is 146 Å². The maximum Gasteiger partial charge on any atom is 0.326 e. The predicted molar refractivity (Wildman–Crippen MR) is 187 cm³/mol. The average molecular weight is 672 g/mol. The first-order valence-electron chi connectivity index (χ1n) is 16.0. The highest BCUT2D eigenvalue weighted by molar-refractivity contribution is 5.97. The van der Waals surface area contributed by atoms with Crippen LogP contribution in [0.3, 0.4) is 0 Å². The molecule has 0 unspecified atom stereocenters. The van der Waals surface area contributed by atoms with Crippen LogP contribution in [0.5, 0.6) is 17.2 Å². The Hall–Kier alpha value is -5.36. The molecule has 0 saturated heterocycles. The maximum absolute atomic E-state index is 13.7. The molecule has 12 heteroatoms. The molecule has 0 aliphatic carbocycles. The van der Waals surface area contributed by atoms with Crippen LogP contribution in [0, 0.1) is 0 Å². The van der Waals surface area contributed by atoms with Crippen LogP contribution >= 0.6 is 0 Å². The average Bonchev–Trinajstić information content (AvgIpc) is 3.52. The number of methoxy groups -OCH3 is 2. The lowest BCUT2D eigenvalue weighted by Gasteiger charge is -2.21. The summed E-state index contributed by atoms with van der Waals surface area (Å²) < 4.78 is 13.0. The number of aromatic nitrogens is 2. The number of ether oxygens (including phenoxy) is 2. The van der Waals surface area contributed by atoms with Gasteiger partial charge in [0.2, 0.25) is 0 Å². The largest absolute Gasteiger partial charge is 0.508 e. The third kappa shape index (κ3) is 8.76. The summed E-state index contributed by atoms with van der Waals surface area (Å²) in [6.07, 6.45) is 0.829. The number of carboxylic acid groups (broad SMARTS) is 1. The van der Waals surface area contributed by atoms with E-state index >= 15 is 0 Å². The van der Waals surface area contributed by atoms with Crippen LogP contribution < -0.4 is 14.8 Å². The number of benzene rings is 3. The van der Waals surface area contributed by atoms with Gasteiger partial charge in [0.05, 0.1) is 31.2 Å². The molecule has 260 valence electrons. The Kier molecular flexibility index (Phi) is 12.0. The molecule has 12 nitrogen and oxygen atoms in total. The molecule has 0 saturated carbocycles. The Labute approximate surface area is 286 Å². The number of aromatic hydroxyl groups is 1. The van der Waals surface area contributed by atoms with Crippen LogP contribution in [-0.4, -0.2) is 102 Å². The van der Waals surface area contributed by atoms with Crippen molar-refractivity contribution >= 4 is 17.8 Å². The zero-order chi connectivity index (χ0) is 35.8. The molecule has 49 heavy (non-hydrogen) atoms. The monoisotopic (exact) mass is 671 g/mol. The number of carbonyl (C=O) groups is 3. The first-order valence-corrected chi connectivity index (χ1v) is 16.0. The fraction of sp³-hybridized carbons (Fsp3) is 0.351. The Morgan fingerprint density at radius 3 is 2.14 bits per heavy atom. The summed E-state index contributed by atoms with van der Waals surface area (Å²) in [7, 11) is 8.84. The highest BCUT2D eigenvalue weighted by Crippen LogP contribution is 2.40. The fourth-order valence-corrected chi connectivity index (χ4v) is 5.55. The zero-order valence-corrected chi connectivity index (χ0v) is 29.1. The van der Waals surface area contributed by atoms with Crippen molar-refractivity contribution in [2.45, 2.75) is 38.6 Å². The molecule has 4 aromatic rings. The lowest BCUT2D eigenvalue weighted by Crippen LogP contribution is -2.42. The van der Waals surface area contributed by atoms with Crippen LogP contribution in [0.2, 0.25) is 0 Å². The highest BCUT2D eigenvalue weighted by Gasteiger charge is 2.27. The van der Waals surface area contributed by atoms with Crippen molar-refractivity contribution in [3.63, 3.8) is 0 Å². The summed E-state index contributed by atoms with van der Waals surface area (Å²) in [6.45, 7) is 5.49. The molecular formula is C37H45N5O7. The van der Waals surface area contributed by atoms with Gasteiger partial charge in [-0.25, -0.2) is 9.48 Å². The number of phenols is 1. The van der Waals surface area contributed by atoms with Gasteiger partial charge in [-0.1, -0.05) is 32.0 Å². The minimum atomic E-state index is -1.27. The number of carboxylic acids is 1. The third-order valence-electron chi connectivity index (χ3n) is 8.18. The third-order valence-corrected chi connectivity index (χ3v) is 8.18. The Bertz CT molecular complexity index is 1760. The number of nitrogens with zero attached hydrogens (tertiary/aromatic N) is 4. The minimum absolute atomic E-state index is 0.00811. The van der Waals surface area contributed by atoms with E-state index in [9.17, 15) is 24.6 Å². The van der Waals surface area contributed by atoms with E-state index in [4.69, 9.17) is 14.6 Å². The first kappa shape index (κ1) is 36.5. The number of carbonyl (C=O) groups excluding carboxylic acids is 2. The number of aliphatic carboxylic acids is 1. The van der Waals surface area contributed by atoms with Crippen molar-refractivity contribution in [2.24, 2.45) is 0 Å². The smallest absolute Gasteiger partial charge is 0.326 e. The van der Waals surface area contributed by atoms with E-state index in [0.717, 1.165) is 18.5 Å². The normalized spacial score (nSPS) is 11.8. The van der Waals surface area contributed by atoms with Gasteiger partial charge in [0.15, 0.2) is 5.69 Å². The Morgan fingerprint density at radius 2 is 1.57 bits per heavy atom. The van der Waals surface area contributed by atoms with Gasteiger partial charge >= 0.3 is 5.97 Å². The van der Waals surface area contributed by atoms with Crippen molar-refractivity contribution in [1.29, 1.82) is 0 Å². The van der Waals surface area contributed by atoms with Crippen molar-refractivity contribution < 1.29 is 34.1 Å². The molecule has 0 bridgehead atoms. The van der Waals surface area contributed by atoms with Gasteiger partial charge in [0.25, 0.3) is 11.8 Å². The molecule has 1 heterocycles. The minimum Gasteiger partial charge on any atom is -0.508 e. The zero-order valence-electron chi connectivity index (χ0n) is 29.1. The summed E-state index contributed by atoms with van der Waals surface area (Å²) in [5.74, 6) is -1.07. The van der Waals surface area contributed by atoms with Crippen LogP contribution in [0.25, 0.3) is 16.9 Å². The van der Waals surface area contributed by atoms with Crippen molar-refractivity contribution in [3.8, 4) is 34.2 Å². The molecule has 1 aromatic heterocycles. The van der Waals surface area contributed by atoms with E-state index in [-0.39, 0.29) is 29.7 Å². The molecule has 3 N–H and O–H groups in total. The van der Waals surface area contributed by atoms with Gasteiger partial charge in [-0.05, 0) is 92.6 Å².